The zero-order chi connectivity index (χ0) is 50.6. The number of hydrogen-bond donors (Lipinski definition) is 0. The molecule has 0 unspecified atom stereocenters. The van der Waals surface area contributed by atoms with Gasteiger partial charge in [-0.05, 0) is 99.8 Å². The number of hydrogen-bond acceptors (Lipinski definition) is 5. The molecule has 4 heterocycles. The highest BCUT2D eigenvalue weighted by Gasteiger charge is 2.33. The van der Waals surface area contributed by atoms with Crippen molar-refractivity contribution in [2.24, 2.45) is 0 Å². The lowest BCUT2D eigenvalue weighted by Crippen LogP contribution is -2.25. The number of aromatic nitrogens is 3. The number of pyridine rings is 2. The maximum absolute atomic E-state index is 9.23. The van der Waals surface area contributed by atoms with Crippen LogP contribution < -0.4 is 14.5 Å². The Morgan fingerprint density at radius 3 is 1.93 bits per heavy atom. The standard InChI is InChI=1S/C55H49N5O/c1-54(2,3)39-28-30-56-51(33-39)60-48-24-14-13-23-44(48)45-27-26-43(35-50(45)60)61-42-22-15-21-41(34-42)58-36-59(49-25-16-29-57-53(49)58)52-46(37-17-9-7-10-18-37)31-40(55(4,5)6)32-47(52)38-19-11-8-12-20-38/h7-35H,36H2,1-6H3/i7D,8D,9D,10D,11D,12D,17D,18D,19D,20D. The molecule has 0 aliphatic carbocycles. The highest BCUT2D eigenvalue weighted by atomic mass is 16.5. The molecule has 6 nitrogen and oxygen atoms in total. The van der Waals surface area contributed by atoms with Crippen LogP contribution in [0.25, 0.3) is 49.9 Å². The first-order valence-electron chi connectivity index (χ1n) is 25.3. The smallest absolute Gasteiger partial charge is 0.158 e. The molecule has 1 aliphatic rings. The summed E-state index contributed by atoms with van der Waals surface area (Å²) in [5.74, 6) is 2.43. The minimum atomic E-state index is -0.616. The molecule has 0 fully saturated rings. The monoisotopic (exact) mass is 805 g/mol. The van der Waals surface area contributed by atoms with E-state index in [0.29, 0.717) is 34.3 Å². The first-order valence-corrected chi connectivity index (χ1v) is 20.3. The molecule has 6 aromatic carbocycles. The molecule has 0 bridgehead atoms. The summed E-state index contributed by atoms with van der Waals surface area (Å²) >= 11 is 0. The molecule has 3 aromatic heterocycles. The van der Waals surface area contributed by atoms with Crippen molar-refractivity contribution in [2.45, 2.75) is 52.4 Å². The number of fused-ring (bicyclic) bond motifs is 4. The van der Waals surface area contributed by atoms with Crippen molar-refractivity contribution in [2.75, 3.05) is 16.5 Å². The SMILES string of the molecule is [2H]c1c([2H])c([2H])c(-c2cc(C(C)(C)C)cc(-c3c([2H])c([2H])c([2H])c([2H])c3[2H])c2N2CN(c3cccc(Oc4ccc5c6ccccc6n(-c6cc(C(C)(C)C)ccn6)c5c4)c3)c3ncccc32)c([2H])c1[2H]. The van der Waals surface area contributed by atoms with Crippen LogP contribution in [0.5, 0.6) is 11.5 Å². The Morgan fingerprint density at radius 2 is 1.23 bits per heavy atom. The molecule has 6 heteroatoms. The van der Waals surface area contributed by atoms with Gasteiger partial charge in [-0.15, -0.1) is 0 Å². The zero-order valence-electron chi connectivity index (χ0n) is 44.8. The van der Waals surface area contributed by atoms with Crippen molar-refractivity contribution in [3.63, 3.8) is 0 Å². The van der Waals surface area contributed by atoms with E-state index in [9.17, 15) is 5.48 Å². The van der Waals surface area contributed by atoms with Crippen LogP contribution in [-0.4, -0.2) is 21.2 Å². The Kier molecular flexibility index (Phi) is 6.88. The van der Waals surface area contributed by atoms with Crippen LogP contribution >= 0.6 is 0 Å². The van der Waals surface area contributed by atoms with E-state index >= 15 is 0 Å². The summed E-state index contributed by atoms with van der Waals surface area (Å²) in [4.78, 5) is 13.5. The second-order valence-corrected chi connectivity index (χ2v) is 17.3. The average Bonchev–Trinajstić information content (AvgIpc) is 3.89. The number of anilines is 4. The fourth-order valence-corrected chi connectivity index (χ4v) is 8.11. The molecule has 0 N–H and O–H groups in total. The average molecular weight is 806 g/mol. The Bertz CT molecular complexity index is 3520. The topological polar surface area (TPSA) is 46.4 Å². The first-order chi connectivity index (χ1) is 33.6. The van der Waals surface area contributed by atoms with Gasteiger partial charge >= 0.3 is 0 Å². The molecule has 0 radical (unpaired) electrons. The maximum Gasteiger partial charge on any atom is 0.158 e. The van der Waals surface area contributed by atoms with Gasteiger partial charge < -0.3 is 14.5 Å². The molecule has 9 aromatic rings. The van der Waals surface area contributed by atoms with Gasteiger partial charge in [-0.1, -0.05) is 126 Å². The van der Waals surface area contributed by atoms with Crippen molar-refractivity contribution in [3.8, 4) is 39.6 Å². The van der Waals surface area contributed by atoms with Crippen LogP contribution in [0.1, 0.15) is 66.4 Å². The van der Waals surface area contributed by atoms with Gasteiger partial charge in [0.25, 0.3) is 0 Å². The van der Waals surface area contributed by atoms with Gasteiger partial charge in [0, 0.05) is 52.1 Å². The van der Waals surface area contributed by atoms with Crippen molar-refractivity contribution < 1.29 is 18.4 Å². The summed E-state index contributed by atoms with van der Waals surface area (Å²) in [5, 5.41) is 2.13. The molecule has 61 heavy (non-hydrogen) atoms. The quantitative estimate of drug-likeness (QED) is 0.161. The third kappa shape index (κ3) is 6.98. The van der Waals surface area contributed by atoms with E-state index in [-0.39, 0.29) is 40.0 Å². The second-order valence-electron chi connectivity index (χ2n) is 17.3. The molecular weight excluding hydrogens is 747 g/mol. The van der Waals surface area contributed by atoms with Crippen molar-refractivity contribution >= 4 is 44.7 Å². The van der Waals surface area contributed by atoms with E-state index in [2.05, 4.69) is 49.6 Å². The molecule has 10 rings (SSSR count). The lowest BCUT2D eigenvalue weighted by atomic mass is 9.82. The molecule has 0 amide bonds. The number of rotatable bonds is 7. The highest BCUT2D eigenvalue weighted by Crippen LogP contribution is 2.51. The van der Waals surface area contributed by atoms with E-state index in [0.717, 1.165) is 33.2 Å². The second kappa shape index (κ2) is 14.8. The summed E-state index contributed by atoms with van der Waals surface area (Å²) in [5.41, 5.74) is 4.80. The van der Waals surface area contributed by atoms with E-state index in [1.807, 2.05) is 97.4 Å². The van der Waals surface area contributed by atoms with Gasteiger partial charge in [-0.3, -0.25) is 4.57 Å². The largest absolute Gasteiger partial charge is 0.457 e. The predicted octanol–water partition coefficient (Wildman–Crippen LogP) is 14.5. The van der Waals surface area contributed by atoms with Gasteiger partial charge in [0.05, 0.1) is 36.1 Å². The minimum absolute atomic E-state index is 0.0503. The summed E-state index contributed by atoms with van der Waals surface area (Å²) in [6, 6.07) is 28.1. The summed E-state index contributed by atoms with van der Waals surface area (Å²) < 4.78 is 97.6. The highest BCUT2D eigenvalue weighted by molar-refractivity contribution is 6.09. The van der Waals surface area contributed by atoms with Crippen LogP contribution in [0.15, 0.2) is 176 Å². The maximum atomic E-state index is 9.23. The molecule has 0 saturated carbocycles. The van der Waals surface area contributed by atoms with Crippen LogP contribution in [-0.2, 0) is 10.8 Å². The van der Waals surface area contributed by atoms with Gasteiger partial charge in [-0.25, -0.2) is 9.97 Å². The van der Waals surface area contributed by atoms with Gasteiger partial charge in [0.1, 0.15) is 24.0 Å². The van der Waals surface area contributed by atoms with Crippen LogP contribution in [0, 0.1) is 0 Å². The zero-order valence-corrected chi connectivity index (χ0v) is 34.8. The first kappa shape index (κ1) is 28.3. The summed E-state index contributed by atoms with van der Waals surface area (Å²) in [6.45, 7) is 12.4. The Balaban J connectivity index is 1.13. The number of nitrogens with zero attached hydrogens (tertiary/aromatic N) is 5. The number of benzene rings is 6. The molecule has 1 aliphatic heterocycles. The Labute approximate surface area is 372 Å². The van der Waals surface area contributed by atoms with Crippen molar-refractivity contribution in [1.29, 1.82) is 0 Å². The van der Waals surface area contributed by atoms with Gasteiger partial charge in [0.2, 0.25) is 0 Å². The normalized spacial score (nSPS) is 15.2. The third-order valence-electron chi connectivity index (χ3n) is 11.2. The van der Waals surface area contributed by atoms with Crippen molar-refractivity contribution in [1.82, 2.24) is 14.5 Å². The van der Waals surface area contributed by atoms with Crippen molar-refractivity contribution in [3.05, 3.63) is 187 Å². The summed E-state index contributed by atoms with van der Waals surface area (Å²) in [7, 11) is 0. The molecule has 300 valence electrons. The fraction of sp³-hybridized carbons (Fsp3) is 0.164. The van der Waals surface area contributed by atoms with E-state index in [4.69, 9.17) is 22.9 Å². The predicted molar refractivity (Wildman–Crippen MR) is 253 cm³/mol. The number of ether oxygens (including phenoxy) is 1. The Morgan fingerprint density at radius 1 is 0.557 bits per heavy atom. The molecule has 0 atom stereocenters. The minimum Gasteiger partial charge on any atom is -0.457 e. The van der Waals surface area contributed by atoms with Gasteiger partial charge in [-0.2, -0.15) is 0 Å². The molecule has 0 spiro atoms. The molecule has 0 saturated heterocycles. The lowest BCUT2D eigenvalue weighted by Gasteiger charge is -2.30. The number of para-hydroxylation sites is 1. The Hall–Kier alpha value is -7.18. The van der Waals surface area contributed by atoms with E-state index < -0.39 is 65.8 Å². The lowest BCUT2D eigenvalue weighted by molar-refractivity contribution is 0.483. The molecular formula is C55H49N5O. The van der Waals surface area contributed by atoms with Crippen LogP contribution in [0.4, 0.5) is 22.9 Å². The van der Waals surface area contributed by atoms with E-state index in [1.165, 1.54) is 0 Å². The fourth-order valence-electron chi connectivity index (χ4n) is 8.11. The summed E-state index contributed by atoms with van der Waals surface area (Å²) in [6.07, 6.45) is 3.51. The van der Waals surface area contributed by atoms with E-state index in [1.54, 1.807) is 24.4 Å². The van der Waals surface area contributed by atoms with Gasteiger partial charge in [0.15, 0.2) is 5.82 Å². The van der Waals surface area contributed by atoms with Crippen LogP contribution in [0.2, 0.25) is 0 Å². The third-order valence-corrected chi connectivity index (χ3v) is 11.2. The van der Waals surface area contributed by atoms with Crippen LogP contribution in [0.3, 0.4) is 0 Å².